The Hall–Kier alpha value is -4.88. The van der Waals surface area contributed by atoms with E-state index in [0.29, 0.717) is 11.3 Å². The number of hydrogen-bond donors (Lipinski definition) is 0. The van der Waals surface area contributed by atoms with Gasteiger partial charge in [-0.05, 0) is 48.0 Å². The summed E-state index contributed by atoms with van der Waals surface area (Å²) in [6.07, 6.45) is 1.73. The highest BCUT2D eigenvalue weighted by molar-refractivity contribution is 5.96. The van der Waals surface area contributed by atoms with Crippen molar-refractivity contribution in [2.75, 3.05) is 4.90 Å². The molecule has 0 fully saturated rings. The van der Waals surface area contributed by atoms with Crippen LogP contribution in [0, 0.1) is 11.3 Å². The second-order valence-electron chi connectivity index (χ2n) is 7.95. The molecule has 34 heavy (non-hydrogen) atoms. The molecule has 160 valence electrons. The summed E-state index contributed by atoms with van der Waals surface area (Å²) >= 11 is 0. The molecule has 4 aromatic carbocycles. The Morgan fingerprint density at radius 2 is 1.15 bits per heavy atom. The first-order valence-corrected chi connectivity index (χ1v) is 11.0. The van der Waals surface area contributed by atoms with E-state index in [1.807, 2.05) is 66.7 Å². The number of ether oxygens (including phenoxy) is 1. The first kappa shape index (κ1) is 19.8. The highest BCUT2D eigenvalue weighted by atomic mass is 16.5. The normalized spacial score (nSPS) is 11.7. The van der Waals surface area contributed by atoms with Crippen LogP contribution in [0.5, 0.6) is 11.5 Å². The number of pyridine rings is 1. The molecule has 0 radical (unpaired) electrons. The Morgan fingerprint density at radius 3 is 1.82 bits per heavy atom. The number of rotatable bonds is 3. The zero-order valence-electron chi connectivity index (χ0n) is 18.2. The van der Waals surface area contributed by atoms with E-state index in [2.05, 4.69) is 46.3 Å². The van der Waals surface area contributed by atoms with Crippen LogP contribution >= 0.6 is 0 Å². The summed E-state index contributed by atoms with van der Waals surface area (Å²) in [6, 6.07) is 38.4. The van der Waals surface area contributed by atoms with Gasteiger partial charge in [0.15, 0.2) is 11.5 Å². The zero-order chi connectivity index (χ0) is 22.9. The van der Waals surface area contributed by atoms with Crippen LogP contribution in [0.3, 0.4) is 0 Å². The molecule has 0 N–H and O–H groups in total. The molecule has 0 unspecified atom stereocenters. The first-order valence-electron chi connectivity index (χ1n) is 11.0. The van der Waals surface area contributed by atoms with E-state index in [-0.39, 0.29) is 0 Å². The lowest BCUT2D eigenvalue weighted by Gasteiger charge is -2.34. The lowest BCUT2D eigenvalue weighted by Crippen LogP contribution is -2.16. The van der Waals surface area contributed by atoms with E-state index < -0.39 is 0 Å². The van der Waals surface area contributed by atoms with E-state index in [0.717, 1.165) is 45.3 Å². The molecule has 5 aromatic rings. The maximum absolute atomic E-state index is 9.71. The van der Waals surface area contributed by atoms with E-state index >= 15 is 0 Å². The summed E-state index contributed by atoms with van der Waals surface area (Å²) in [7, 11) is 0. The minimum atomic E-state index is 0.550. The van der Waals surface area contributed by atoms with Crippen molar-refractivity contribution in [2.24, 2.45) is 0 Å². The third-order valence-electron chi connectivity index (χ3n) is 5.98. The molecule has 0 saturated heterocycles. The number of para-hydroxylation sites is 5. The minimum Gasteiger partial charge on any atom is -0.453 e. The summed E-state index contributed by atoms with van der Waals surface area (Å²) in [5.41, 5.74) is 7.17. The fourth-order valence-electron chi connectivity index (χ4n) is 4.50. The lowest BCUT2D eigenvalue weighted by molar-refractivity contribution is 0.477. The van der Waals surface area contributed by atoms with Gasteiger partial charge in [0, 0.05) is 17.3 Å². The quantitative estimate of drug-likeness (QED) is 0.283. The maximum atomic E-state index is 9.71. The molecule has 0 saturated carbocycles. The molecule has 6 rings (SSSR count). The van der Waals surface area contributed by atoms with Gasteiger partial charge in [-0.1, -0.05) is 66.7 Å². The van der Waals surface area contributed by atoms with Crippen molar-refractivity contribution in [1.29, 1.82) is 5.26 Å². The second-order valence-corrected chi connectivity index (χ2v) is 7.95. The van der Waals surface area contributed by atoms with Crippen LogP contribution in [0.2, 0.25) is 0 Å². The number of benzene rings is 4. The van der Waals surface area contributed by atoms with Gasteiger partial charge in [0.1, 0.15) is 6.07 Å². The molecule has 0 atom stereocenters. The monoisotopic (exact) mass is 437 g/mol. The molecule has 4 heteroatoms. The van der Waals surface area contributed by atoms with Gasteiger partial charge >= 0.3 is 0 Å². The van der Waals surface area contributed by atoms with Gasteiger partial charge in [-0.3, -0.25) is 4.98 Å². The van der Waals surface area contributed by atoms with Gasteiger partial charge in [-0.2, -0.15) is 5.26 Å². The molecule has 0 aliphatic carbocycles. The smallest absolute Gasteiger partial charge is 0.151 e. The molecule has 2 heterocycles. The predicted molar refractivity (Wildman–Crippen MR) is 135 cm³/mol. The molecular formula is C30H19N3O. The van der Waals surface area contributed by atoms with E-state index in [1.165, 1.54) is 0 Å². The van der Waals surface area contributed by atoms with Crippen molar-refractivity contribution in [1.82, 2.24) is 4.98 Å². The Kier molecular flexibility index (Phi) is 4.79. The third-order valence-corrected chi connectivity index (χ3v) is 5.98. The van der Waals surface area contributed by atoms with Crippen molar-refractivity contribution in [3.05, 3.63) is 121 Å². The first-order chi connectivity index (χ1) is 16.8. The average Bonchev–Trinajstić information content (AvgIpc) is 2.91. The summed E-state index contributed by atoms with van der Waals surface area (Å²) in [6.45, 7) is 0. The van der Waals surface area contributed by atoms with Gasteiger partial charge < -0.3 is 9.64 Å². The molecule has 0 spiro atoms. The van der Waals surface area contributed by atoms with Gasteiger partial charge in [0.05, 0.1) is 28.3 Å². The van der Waals surface area contributed by atoms with Crippen LogP contribution in [0.15, 0.2) is 115 Å². The third kappa shape index (κ3) is 3.19. The predicted octanol–water partition coefficient (Wildman–Crippen LogP) is 7.86. The summed E-state index contributed by atoms with van der Waals surface area (Å²) in [4.78, 5) is 6.80. The number of hydrogen-bond acceptors (Lipinski definition) is 4. The van der Waals surface area contributed by atoms with E-state index in [9.17, 15) is 5.26 Å². The summed E-state index contributed by atoms with van der Waals surface area (Å²) in [5.74, 6) is 1.61. The largest absolute Gasteiger partial charge is 0.453 e. The van der Waals surface area contributed by atoms with Crippen LogP contribution in [-0.4, -0.2) is 4.98 Å². The fourth-order valence-corrected chi connectivity index (χ4v) is 4.50. The minimum absolute atomic E-state index is 0.550. The van der Waals surface area contributed by atoms with E-state index in [4.69, 9.17) is 4.74 Å². The lowest BCUT2D eigenvalue weighted by atomic mass is 9.93. The number of nitrogens with zero attached hydrogens (tertiary/aromatic N) is 3. The molecule has 1 aromatic heterocycles. The van der Waals surface area contributed by atoms with Crippen molar-refractivity contribution in [3.8, 4) is 40.0 Å². The van der Waals surface area contributed by atoms with Crippen LogP contribution in [0.1, 0.15) is 5.56 Å². The summed E-state index contributed by atoms with van der Waals surface area (Å²) in [5, 5.41) is 9.71. The zero-order valence-corrected chi connectivity index (χ0v) is 18.2. The van der Waals surface area contributed by atoms with Gasteiger partial charge in [0.2, 0.25) is 0 Å². The fraction of sp³-hybridized carbons (Fsp3) is 0. The van der Waals surface area contributed by atoms with Crippen molar-refractivity contribution in [2.45, 2.75) is 0 Å². The molecule has 0 amide bonds. The number of anilines is 3. The number of aromatic nitrogens is 1. The highest BCUT2D eigenvalue weighted by Gasteiger charge is 2.27. The highest BCUT2D eigenvalue weighted by Crippen LogP contribution is 2.52. The van der Waals surface area contributed by atoms with Crippen molar-refractivity contribution in [3.63, 3.8) is 0 Å². The molecule has 4 nitrogen and oxygen atoms in total. The van der Waals surface area contributed by atoms with Crippen molar-refractivity contribution < 1.29 is 4.74 Å². The van der Waals surface area contributed by atoms with Gasteiger partial charge in [-0.25, -0.2) is 0 Å². The van der Waals surface area contributed by atoms with Gasteiger partial charge in [-0.15, -0.1) is 0 Å². The molecule has 0 bridgehead atoms. The molecule has 1 aliphatic rings. The maximum Gasteiger partial charge on any atom is 0.151 e. The topological polar surface area (TPSA) is 49.2 Å². The molecular weight excluding hydrogens is 418 g/mol. The van der Waals surface area contributed by atoms with Crippen LogP contribution < -0.4 is 9.64 Å². The Balaban J connectivity index is 1.61. The average molecular weight is 438 g/mol. The molecule has 1 aliphatic heterocycles. The SMILES string of the molecule is N#Cc1cccnc1-c1ccccc1-c1ccccc1N1c2ccccc2Oc2ccccc21. The van der Waals surface area contributed by atoms with Crippen LogP contribution in [-0.2, 0) is 0 Å². The number of fused-ring (bicyclic) bond motifs is 2. The standard InChI is InChI=1S/C30H19N3O/c31-20-21-10-9-19-32-30(21)24-13-2-1-11-22(24)23-12-3-4-14-25(23)33-26-15-5-7-17-28(26)34-29-18-8-6-16-27(29)33/h1-19H. The Labute approximate surface area is 198 Å². The Bertz CT molecular complexity index is 1520. The van der Waals surface area contributed by atoms with Crippen LogP contribution in [0.4, 0.5) is 17.1 Å². The Morgan fingerprint density at radius 1 is 0.588 bits per heavy atom. The van der Waals surface area contributed by atoms with Crippen LogP contribution in [0.25, 0.3) is 22.4 Å². The second kappa shape index (κ2) is 8.23. The summed E-state index contributed by atoms with van der Waals surface area (Å²) < 4.78 is 6.21. The number of nitriles is 1. The van der Waals surface area contributed by atoms with E-state index in [1.54, 1.807) is 18.3 Å². The van der Waals surface area contributed by atoms with Crippen molar-refractivity contribution >= 4 is 17.1 Å². The van der Waals surface area contributed by atoms with Gasteiger partial charge in [0.25, 0.3) is 0 Å².